The van der Waals surface area contributed by atoms with E-state index in [-0.39, 0.29) is 11.6 Å². The number of alkyl halides is 3. The number of benzene rings is 1. The molecule has 0 saturated carbocycles. The molecule has 4 rings (SSSR count). The van der Waals surface area contributed by atoms with Gasteiger partial charge < -0.3 is 16.0 Å². The summed E-state index contributed by atoms with van der Waals surface area (Å²) in [6, 6.07) is 9.36. The number of aromatic nitrogens is 4. The minimum atomic E-state index is -4.58. The van der Waals surface area contributed by atoms with Crippen molar-refractivity contribution in [1.29, 1.82) is 0 Å². The summed E-state index contributed by atoms with van der Waals surface area (Å²) in [5.41, 5.74) is 7.59. The second-order valence-electron chi connectivity index (χ2n) is 8.24. The number of nitrogens with zero attached hydrogens (tertiary/aromatic N) is 3. The largest absolute Gasteiger partial charge is 0.419 e. The van der Waals surface area contributed by atoms with Gasteiger partial charge in [-0.05, 0) is 54.6 Å². The van der Waals surface area contributed by atoms with Gasteiger partial charge in [0.2, 0.25) is 5.95 Å². The van der Waals surface area contributed by atoms with Crippen LogP contribution in [0.15, 0.2) is 55.1 Å². The van der Waals surface area contributed by atoms with Crippen molar-refractivity contribution in [3.8, 4) is 22.4 Å². The maximum atomic E-state index is 13.8. The highest BCUT2D eigenvalue weighted by Gasteiger charge is 2.36. The Labute approximate surface area is 195 Å². The zero-order chi connectivity index (χ0) is 24.1. The van der Waals surface area contributed by atoms with E-state index in [2.05, 4.69) is 32.2 Å². The summed E-state index contributed by atoms with van der Waals surface area (Å²) in [5, 5.41) is 3.77. The number of hydrogen-bond acceptors (Lipinski definition) is 5. The third-order valence-electron chi connectivity index (χ3n) is 5.99. The van der Waals surface area contributed by atoms with Gasteiger partial charge in [0.15, 0.2) is 0 Å². The van der Waals surface area contributed by atoms with Gasteiger partial charge in [0.1, 0.15) is 5.56 Å². The Bertz CT molecular complexity index is 1240. The molecule has 0 aliphatic heterocycles. The molecule has 4 N–H and O–H groups in total. The fraction of sp³-hybridized carbons (Fsp3) is 0.320. The molecule has 6 nitrogen and oxygen atoms in total. The van der Waals surface area contributed by atoms with Crippen LogP contribution in [0, 0.1) is 5.92 Å². The summed E-state index contributed by atoms with van der Waals surface area (Å²) < 4.78 is 41.5. The molecule has 0 spiro atoms. The van der Waals surface area contributed by atoms with Crippen molar-refractivity contribution in [3.63, 3.8) is 0 Å². The molecular formula is C25H27F3N6. The summed E-state index contributed by atoms with van der Waals surface area (Å²) in [6.07, 6.45) is 4.01. The number of H-pyrrole nitrogens is 1. The lowest BCUT2D eigenvalue weighted by Crippen LogP contribution is -2.18. The number of nitrogens with one attached hydrogen (secondary N) is 2. The fourth-order valence-corrected chi connectivity index (χ4v) is 4.02. The Morgan fingerprint density at radius 2 is 1.91 bits per heavy atom. The molecule has 1 aromatic carbocycles. The molecule has 0 unspecified atom stereocenters. The highest BCUT2D eigenvalue weighted by atomic mass is 19.4. The highest BCUT2D eigenvalue weighted by Crippen LogP contribution is 2.39. The van der Waals surface area contributed by atoms with Crippen LogP contribution in [0.3, 0.4) is 0 Å². The van der Waals surface area contributed by atoms with Crippen molar-refractivity contribution in [2.75, 3.05) is 18.4 Å². The first-order valence-electron chi connectivity index (χ1n) is 11.3. The molecule has 4 aromatic rings. The number of anilines is 1. The molecule has 34 heavy (non-hydrogen) atoms. The monoisotopic (exact) mass is 468 g/mol. The van der Waals surface area contributed by atoms with E-state index in [0.717, 1.165) is 42.1 Å². The molecule has 3 heterocycles. The van der Waals surface area contributed by atoms with Crippen LogP contribution in [-0.4, -0.2) is 33.0 Å². The highest BCUT2D eigenvalue weighted by molar-refractivity contribution is 5.97. The van der Waals surface area contributed by atoms with Crippen molar-refractivity contribution in [2.45, 2.75) is 32.4 Å². The maximum absolute atomic E-state index is 13.8. The topological polar surface area (TPSA) is 92.5 Å². The van der Waals surface area contributed by atoms with Gasteiger partial charge in [0.25, 0.3) is 0 Å². The molecule has 0 aliphatic carbocycles. The van der Waals surface area contributed by atoms with Gasteiger partial charge in [0, 0.05) is 47.8 Å². The number of halogens is 3. The van der Waals surface area contributed by atoms with Gasteiger partial charge in [-0.3, -0.25) is 4.98 Å². The summed E-state index contributed by atoms with van der Waals surface area (Å²) in [7, 11) is 0. The first-order chi connectivity index (χ1) is 16.4. The molecule has 0 bridgehead atoms. The number of hydrogen-bond donors (Lipinski definition) is 3. The van der Waals surface area contributed by atoms with Crippen LogP contribution in [-0.2, 0) is 6.18 Å². The molecular weight excluding hydrogens is 441 g/mol. The van der Waals surface area contributed by atoms with E-state index in [1.54, 1.807) is 18.6 Å². The molecule has 178 valence electrons. The first-order valence-corrected chi connectivity index (χ1v) is 11.3. The predicted molar refractivity (Wildman–Crippen MR) is 128 cm³/mol. The quantitative estimate of drug-likeness (QED) is 0.285. The number of pyridine rings is 1. The number of nitrogens with two attached hydrogens (primary N) is 1. The Morgan fingerprint density at radius 1 is 1.12 bits per heavy atom. The Balaban J connectivity index is 1.69. The minimum Gasteiger partial charge on any atom is -0.360 e. The average Bonchev–Trinajstić information content (AvgIpc) is 3.27. The van der Waals surface area contributed by atoms with Crippen molar-refractivity contribution in [3.05, 3.63) is 60.7 Å². The van der Waals surface area contributed by atoms with E-state index in [9.17, 15) is 13.2 Å². The van der Waals surface area contributed by atoms with Gasteiger partial charge in [-0.2, -0.15) is 13.2 Å². The van der Waals surface area contributed by atoms with Crippen LogP contribution in [0.4, 0.5) is 19.1 Å². The standard InChI is InChI=1S/C25H27F3N6/c1-2-16(4-3-9-29)13-32-24-33-15-21(25(26,27)28)23(34-24)20-14-31-22-12-18(5-6-19(20)22)17-7-10-30-11-8-17/h5-8,10-12,14-16,31H,2-4,9,13,29H2,1H3,(H,32,33,34)/t16-/m1/s1. The van der Waals surface area contributed by atoms with Crippen molar-refractivity contribution in [1.82, 2.24) is 19.9 Å². The lowest BCUT2D eigenvalue weighted by atomic mass is 10.0. The van der Waals surface area contributed by atoms with Gasteiger partial charge in [0.05, 0.1) is 5.69 Å². The third-order valence-corrected chi connectivity index (χ3v) is 5.99. The fourth-order valence-electron chi connectivity index (χ4n) is 4.02. The lowest BCUT2D eigenvalue weighted by Gasteiger charge is -2.17. The van der Waals surface area contributed by atoms with E-state index in [4.69, 9.17) is 5.73 Å². The first kappa shape index (κ1) is 23.7. The number of fused-ring (bicyclic) bond motifs is 1. The van der Waals surface area contributed by atoms with Crippen LogP contribution in [0.5, 0.6) is 0 Å². The molecule has 3 aromatic heterocycles. The average molecular weight is 469 g/mol. The summed E-state index contributed by atoms with van der Waals surface area (Å²) in [6.45, 7) is 3.26. The van der Waals surface area contributed by atoms with Crippen LogP contribution in [0.25, 0.3) is 33.3 Å². The van der Waals surface area contributed by atoms with Gasteiger partial charge in [-0.15, -0.1) is 0 Å². The van der Waals surface area contributed by atoms with E-state index in [1.165, 1.54) is 0 Å². The Morgan fingerprint density at radius 3 is 2.62 bits per heavy atom. The van der Waals surface area contributed by atoms with Crippen molar-refractivity contribution < 1.29 is 13.2 Å². The Hall–Kier alpha value is -3.46. The van der Waals surface area contributed by atoms with Crippen molar-refractivity contribution >= 4 is 16.9 Å². The summed E-state index contributed by atoms with van der Waals surface area (Å²) in [5.74, 6) is 0.523. The van der Waals surface area contributed by atoms with Gasteiger partial charge in [-0.1, -0.05) is 25.5 Å². The zero-order valence-corrected chi connectivity index (χ0v) is 18.9. The third kappa shape index (κ3) is 5.20. The van der Waals surface area contributed by atoms with E-state index in [0.29, 0.717) is 30.0 Å². The van der Waals surface area contributed by atoms with Crippen LogP contribution >= 0.6 is 0 Å². The second-order valence-corrected chi connectivity index (χ2v) is 8.24. The zero-order valence-electron chi connectivity index (χ0n) is 18.9. The smallest absolute Gasteiger partial charge is 0.360 e. The summed E-state index contributed by atoms with van der Waals surface area (Å²) >= 11 is 0. The molecule has 0 aliphatic rings. The van der Waals surface area contributed by atoms with Crippen LogP contribution in [0.2, 0.25) is 0 Å². The second kappa shape index (κ2) is 10.2. The molecule has 1 atom stereocenters. The SMILES string of the molecule is CC[C@H](CCCN)CNc1ncc(C(F)(F)F)c(-c2c[nH]c3cc(-c4ccncc4)ccc23)n1. The number of rotatable bonds is 9. The minimum absolute atomic E-state index is 0.150. The molecule has 9 heteroatoms. The molecule has 0 amide bonds. The van der Waals surface area contributed by atoms with E-state index in [1.807, 2.05) is 30.3 Å². The van der Waals surface area contributed by atoms with Crippen LogP contribution in [0.1, 0.15) is 31.7 Å². The molecule has 0 fully saturated rings. The van der Waals surface area contributed by atoms with Gasteiger partial charge >= 0.3 is 6.18 Å². The normalized spacial score (nSPS) is 12.7. The van der Waals surface area contributed by atoms with Crippen LogP contribution < -0.4 is 11.1 Å². The Kier molecular flexibility index (Phi) is 7.12. The maximum Gasteiger partial charge on any atom is 0.419 e. The predicted octanol–water partition coefficient (Wildman–Crippen LogP) is 5.88. The van der Waals surface area contributed by atoms with E-state index < -0.39 is 11.7 Å². The summed E-state index contributed by atoms with van der Waals surface area (Å²) in [4.78, 5) is 15.4. The number of aromatic amines is 1. The lowest BCUT2D eigenvalue weighted by molar-refractivity contribution is -0.137. The van der Waals surface area contributed by atoms with Crippen molar-refractivity contribution in [2.24, 2.45) is 11.7 Å². The molecule has 0 saturated heterocycles. The molecule has 0 radical (unpaired) electrons. The van der Waals surface area contributed by atoms with Gasteiger partial charge in [-0.25, -0.2) is 9.97 Å². The van der Waals surface area contributed by atoms with E-state index >= 15 is 0 Å².